The van der Waals surface area contributed by atoms with Crippen molar-refractivity contribution in [1.82, 2.24) is 4.90 Å². The molecule has 0 unspecified atom stereocenters. The summed E-state index contributed by atoms with van der Waals surface area (Å²) in [6, 6.07) is 3.53. The molecule has 1 aliphatic rings. The number of hydrogen-bond acceptors (Lipinski definition) is 5. The Hall–Kier alpha value is -1.79. The van der Waals surface area contributed by atoms with E-state index in [2.05, 4.69) is 4.99 Å². The lowest BCUT2D eigenvalue weighted by molar-refractivity contribution is -0.127. The number of aliphatic imine (C=N–C) groups is 1. The van der Waals surface area contributed by atoms with E-state index in [1.807, 2.05) is 5.38 Å². The van der Waals surface area contributed by atoms with Gasteiger partial charge < -0.3 is 10.0 Å². The largest absolute Gasteiger partial charge is 0.395 e. The van der Waals surface area contributed by atoms with Crippen molar-refractivity contribution in [2.24, 2.45) is 4.99 Å². The fourth-order valence-electron chi connectivity index (χ4n) is 1.93. The molecule has 0 aliphatic carbocycles. The molecule has 1 aromatic heterocycles. The number of aliphatic hydroxyl groups excluding tert-OH is 1. The molecule has 0 saturated heterocycles. The molecule has 6 heteroatoms. The molecule has 0 bridgehead atoms. The number of rotatable bonds is 6. The lowest BCUT2D eigenvalue weighted by Crippen LogP contribution is -2.38. The first-order chi connectivity index (χ1) is 9.72. The van der Waals surface area contributed by atoms with Crippen LogP contribution < -0.4 is 0 Å². The van der Waals surface area contributed by atoms with Gasteiger partial charge in [-0.1, -0.05) is 6.07 Å². The van der Waals surface area contributed by atoms with Crippen molar-refractivity contribution in [2.45, 2.75) is 12.8 Å². The summed E-state index contributed by atoms with van der Waals surface area (Å²) >= 11 is 1.35. The number of thiophene rings is 1. The Morgan fingerprint density at radius 1 is 1.45 bits per heavy atom. The third kappa shape index (κ3) is 3.61. The van der Waals surface area contributed by atoms with E-state index in [4.69, 9.17) is 5.11 Å². The van der Waals surface area contributed by atoms with E-state index in [-0.39, 0.29) is 31.4 Å². The van der Waals surface area contributed by atoms with Gasteiger partial charge in [-0.05, 0) is 24.3 Å². The molecule has 20 heavy (non-hydrogen) atoms. The van der Waals surface area contributed by atoms with Crippen LogP contribution in [0.3, 0.4) is 0 Å². The van der Waals surface area contributed by atoms with E-state index in [0.717, 1.165) is 6.42 Å². The summed E-state index contributed by atoms with van der Waals surface area (Å²) in [7, 11) is 0. The van der Waals surface area contributed by atoms with E-state index < -0.39 is 0 Å². The number of aliphatic hydroxyl groups is 1. The zero-order valence-corrected chi connectivity index (χ0v) is 11.8. The van der Waals surface area contributed by atoms with Crippen LogP contribution in [0, 0.1) is 0 Å². The normalized spacial score (nSPS) is 13.9. The number of ketones is 1. The second-order valence-corrected chi connectivity index (χ2v) is 5.32. The predicted octanol–water partition coefficient (Wildman–Crippen LogP) is 1.50. The Kier molecular flexibility index (Phi) is 5.20. The average molecular weight is 292 g/mol. The minimum Gasteiger partial charge on any atom is -0.395 e. The van der Waals surface area contributed by atoms with Crippen molar-refractivity contribution in [3.63, 3.8) is 0 Å². The Morgan fingerprint density at radius 2 is 2.30 bits per heavy atom. The highest BCUT2D eigenvalue weighted by Crippen LogP contribution is 2.15. The first-order valence-electron chi connectivity index (χ1n) is 6.40. The van der Waals surface area contributed by atoms with Crippen molar-refractivity contribution in [3.05, 3.63) is 34.2 Å². The maximum absolute atomic E-state index is 12.3. The molecule has 0 aromatic carbocycles. The molecule has 1 aliphatic heterocycles. The molecule has 0 spiro atoms. The first-order valence-corrected chi connectivity index (χ1v) is 7.28. The van der Waals surface area contributed by atoms with E-state index in [0.29, 0.717) is 16.9 Å². The molecule has 5 nitrogen and oxygen atoms in total. The van der Waals surface area contributed by atoms with Gasteiger partial charge >= 0.3 is 0 Å². The maximum atomic E-state index is 12.3. The zero-order chi connectivity index (χ0) is 14.4. The molecule has 0 atom stereocenters. The molecule has 106 valence electrons. The van der Waals surface area contributed by atoms with Crippen LogP contribution in [0.1, 0.15) is 22.5 Å². The molecule has 0 fully saturated rings. The van der Waals surface area contributed by atoms with Crippen LogP contribution in [0.15, 0.2) is 34.3 Å². The number of carbonyl (C=O) groups is 2. The van der Waals surface area contributed by atoms with Crippen molar-refractivity contribution in [2.75, 3.05) is 19.7 Å². The molecular weight excluding hydrogens is 276 g/mol. The summed E-state index contributed by atoms with van der Waals surface area (Å²) in [5.41, 5.74) is 0.583. The molecule has 1 amide bonds. The molecule has 1 aromatic rings. The quantitative estimate of drug-likeness (QED) is 0.808. The molecule has 1 N–H and O–H groups in total. The second-order valence-electron chi connectivity index (χ2n) is 4.38. The maximum Gasteiger partial charge on any atom is 0.251 e. The number of carbonyl (C=O) groups excluding carboxylic acids is 2. The fraction of sp³-hybridized carbons (Fsp3) is 0.357. The minimum atomic E-state index is -0.221. The van der Waals surface area contributed by atoms with E-state index >= 15 is 0 Å². The van der Waals surface area contributed by atoms with Gasteiger partial charge in [-0.2, -0.15) is 0 Å². The van der Waals surface area contributed by atoms with Gasteiger partial charge in [-0.15, -0.1) is 11.3 Å². The predicted molar refractivity (Wildman–Crippen MR) is 78.1 cm³/mol. The van der Waals surface area contributed by atoms with Crippen molar-refractivity contribution in [3.8, 4) is 0 Å². The van der Waals surface area contributed by atoms with Crippen LogP contribution in [0.5, 0.6) is 0 Å². The summed E-state index contributed by atoms with van der Waals surface area (Å²) in [4.78, 5) is 30.4. The SMILES string of the molecule is O=C(CN(CCO)C(=O)C1=CN=CCC1)c1cccs1. The third-order valence-electron chi connectivity index (χ3n) is 2.94. The lowest BCUT2D eigenvalue weighted by Gasteiger charge is -2.22. The number of Topliss-reactive ketones (excluding diaryl/α,β-unsaturated/α-hetero) is 1. The molecule has 0 saturated carbocycles. The van der Waals surface area contributed by atoms with Crippen molar-refractivity contribution >= 4 is 29.2 Å². The summed E-state index contributed by atoms with van der Waals surface area (Å²) < 4.78 is 0. The van der Waals surface area contributed by atoms with Crippen LogP contribution in [-0.4, -0.2) is 47.6 Å². The fourth-order valence-corrected chi connectivity index (χ4v) is 2.59. The Labute approximate surface area is 121 Å². The Morgan fingerprint density at radius 3 is 2.90 bits per heavy atom. The van der Waals surface area contributed by atoms with Gasteiger partial charge in [0.1, 0.15) is 0 Å². The van der Waals surface area contributed by atoms with Crippen LogP contribution in [-0.2, 0) is 4.79 Å². The highest BCUT2D eigenvalue weighted by molar-refractivity contribution is 7.12. The smallest absolute Gasteiger partial charge is 0.251 e. The van der Waals surface area contributed by atoms with Crippen LogP contribution in [0.2, 0.25) is 0 Å². The first kappa shape index (κ1) is 14.6. The van der Waals surface area contributed by atoms with Crippen LogP contribution >= 0.6 is 11.3 Å². The standard InChI is InChI=1S/C14H16N2O3S/c17-7-6-16(10-12(18)13-4-2-8-20-13)14(19)11-3-1-5-15-9-11/h2,4-5,8-9,17H,1,3,6-7,10H2. The average Bonchev–Trinajstić information content (AvgIpc) is 3.01. The number of hydrogen-bond donors (Lipinski definition) is 1. The van der Waals surface area contributed by atoms with Crippen LogP contribution in [0.25, 0.3) is 0 Å². The summed E-state index contributed by atoms with van der Waals surface area (Å²) in [6.45, 7) is -0.0298. The highest BCUT2D eigenvalue weighted by atomic mass is 32.1. The van der Waals surface area contributed by atoms with Gasteiger partial charge in [-0.3, -0.25) is 14.6 Å². The van der Waals surface area contributed by atoms with E-state index in [9.17, 15) is 9.59 Å². The number of nitrogens with zero attached hydrogens (tertiary/aromatic N) is 2. The summed E-state index contributed by atoms with van der Waals surface area (Å²) in [5.74, 6) is -0.331. The molecule has 0 radical (unpaired) electrons. The monoisotopic (exact) mass is 292 g/mol. The van der Waals surface area contributed by atoms with Gasteiger partial charge in [0, 0.05) is 24.5 Å². The van der Waals surface area contributed by atoms with Gasteiger partial charge in [0.25, 0.3) is 5.91 Å². The topological polar surface area (TPSA) is 70.0 Å². The Balaban J connectivity index is 2.06. The van der Waals surface area contributed by atoms with Gasteiger partial charge in [0.05, 0.1) is 18.0 Å². The van der Waals surface area contributed by atoms with E-state index in [1.165, 1.54) is 22.4 Å². The molecule has 2 heterocycles. The zero-order valence-electron chi connectivity index (χ0n) is 11.0. The minimum absolute atomic E-state index is 0.0129. The lowest BCUT2D eigenvalue weighted by atomic mass is 10.1. The highest BCUT2D eigenvalue weighted by Gasteiger charge is 2.21. The van der Waals surface area contributed by atoms with Gasteiger partial charge in [0.2, 0.25) is 0 Å². The van der Waals surface area contributed by atoms with Crippen LogP contribution in [0.4, 0.5) is 0 Å². The van der Waals surface area contributed by atoms with Gasteiger partial charge in [-0.25, -0.2) is 0 Å². The third-order valence-corrected chi connectivity index (χ3v) is 3.85. The summed E-state index contributed by atoms with van der Waals surface area (Å²) in [6.07, 6.45) is 4.64. The van der Waals surface area contributed by atoms with Crippen molar-refractivity contribution < 1.29 is 14.7 Å². The molecular formula is C14H16N2O3S. The second kappa shape index (κ2) is 7.12. The van der Waals surface area contributed by atoms with Gasteiger partial charge in [0.15, 0.2) is 5.78 Å². The van der Waals surface area contributed by atoms with Crippen molar-refractivity contribution in [1.29, 1.82) is 0 Å². The number of amides is 1. The Bertz CT molecular complexity index is 535. The van der Waals surface area contributed by atoms with E-state index in [1.54, 1.807) is 18.3 Å². The molecule has 2 rings (SSSR count). The summed E-state index contributed by atoms with van der Waals surface area (Å²) in [5, 5.41) is 10.9.